The van der Waals surface area contributed by atoms with Crippen molar-refractivity contribution in [2.75, 3.05) is 31.1 Å². The van der Waals surface area contributed by atoms with E-state index in [1.165, 1.54) is 18.4 Å². The number of aryl methyl sites for hydroxylation is 2. The van der Waals surface area contributed by atoms with Gasteiger partial charge in [0.25, 0.3) is 0 Å². The van der Waals surface area contributed by atoms with Crippen molar-refractivity contribution in [3.05, 3.63) is 52.5 Å². The van der Waals surface area contributed by atoms with Crippen LogP contribution in [0.1, 0.15) is 66.4 Å². The van der Waals surface area contributed by atoms with E-state index >= 15 is 0 Å². The van der Waals surface area contributed by atoms with E-state index in [1.54, 1.807) is 0 Å². The first kappa shape index (κ1) is 22.0. The quantitative estimate of drug-likeness (QED) is 0.703. The number of fused-ring (bicyclic) bond motifs is 1. The lowest BCUT2D eigenvalue weighted by atomic mass is 10.0. The number of nitrogens with zero attached hydrogens (tertiary/aromatic N) is 5. The monoisotopic (exact) mass is 447 g/mol. The van der Waals surface area contributed by atoms with Gasteiger partial charge in [-0.15, -0.1) is 0 Å². The van der Waals surface area contributed by atoms with Gasteiger partial charge in [-0.05, 0) is 64.6 Å². The molecule has 33 heavy (non-hydrogen) atoms. The number of hydrogen-bond donors (Lipinski definition) is 0. The third-order valence-corrected chi connectivity index (χ3v) is 7.24. The van der Waals surface area contributed by atoms with Crippen molar-refractivity contribution in [3.8, 4) is 0 Å². The van der Waals surface area contributed by atoms with E-state index in [9.17, 15) is 9.59 Å². The Morgan fingerprint density at radius 1 is 1.00 bits per heavy atom. The Morgan fingerprint density at radius 3 is 2.52 bits per heavy atom. The van der Waals surface area contributed by atoms with Crippen LogP contribution in [0.4, 0.5) is 5.82 Å². The molecule has 3 aliphatic rings. The predicted octanol–water partition coefficient (Wildman–Crippen LogP) is 3.33. The average Bonchev–Trinajstić information content (AvgIpc) is 3.49. The molecule has 1 aromatic heterocycles. The first-order chi connectivity index (χ1) is 16.0. The fraction of sp³-hybridized carbons (Fsp3) is 0.538. The molecule has 5 rings (SSSR count). The predicted molar refractivity (Wildman–Crippen MR) is 127 cm³/mol. The SMILES string of the molecule is Cc1ccc(CN2C(=O)CCc3c(C)nc([C@@H]4CCCN4C(=O)CN4CCCC4)nc32)cc1. The molecule has 174 valence electrons. The van der Waals surface area contributed by atoms with Gasteiger partial charge in [-0.1, -0.05) is 29.8 Å². The summed E-state index contributed by atoms with van der Waals surface area (Å²) in [5, 5.41) is 0. The number of aromatic nitrogens is 2. The molecule has 0 saturated carbocycles. The molecule has 0 aliphatic carbocycles. The lowest BCUT2D eigenvalue weighted by Crippen LogP contribution is -2.40. The van der Waals surface area contributed by atoms with E-state index in [-0.39, 0.29) is 17.9 Å². The Morgan fingerprint density at radius 2 is 1.76 bits per heavy atom. The van der Waals surface area contributed by atoms with Gasteiger partial charge < -0.3 is 4.90 Å². The molecule has 2 amide bonds. The zero-order chi connectivity index (χ0) is 22.9. The maximum atomic E-state index is 13.1. The van der Waals surface area contributed by atoms with Crippen LogP contribution < -0.4 is 4.90 Å². The van der Waals surface area contributed by atoms with E-state index in [4.69, 9.17) is 9.97 Å². The van der Waals surface area contributed by atoms with Gasteiger partial charge in [0.2, 0.25) is 11.8 Å². The molecule has 3 aliphatic heterocycles. The summed E-state index contributed by atoms with van der Waals surface area (Å²) in [5.41, 5.74) is 4.26. The molecule has 4 heterocycles. The normalized spacial score (nSPS) is 21.0. The van der Waals surface area contributed by atoms with Gasteiger partial charge in [-0.3, -0.25) is 19.4 Å². The van der Waals surface area contributed by atoms with Crippen LogP contribution in [0.2, 0.25) is 0 Å². The summed E-state index contributed by atoms with van der Waals surface area (Å²) in [6.45, 7) is 7.83. The van der Waals surface area contributed by atoms with Crippen LogP contribution in [0.5, 0.6) is 0 Å². The van der Waals surface area contributed by atoms with Crippen LogP contribution in [0.25, 0.3) is 0 Å². The zero-order valence-electron chi connectivity index (χ0n) is 19.7. The second-order valence-corrected chi connectivity index (χ2v) is 9.66. The van der Waals surface area contributed by atoms with Gasteiger partial charge >= 0.3 is 0 Å². The molecule has 1 aromatic carbocycles. The topological polar surface area (TPSA) is 69.6 Å². The third kappa shape index (κ3) is 4.51. The third-order valence-electron chi connectivity index (χ3n) is 7.24. The lowest BCUT2D eigenvalue weighted by Gasteiger charge is -2.31. The Balaban J connectivity index is 1.43. The fourth-order valence-corrected chi connectivity index (χ4v) is 5.35. The van der Waals surface area contributed by atoms with Gasteiger partial charge in [0.1, 0.15) is 5.82 Å². The highest BCUT2D eigenvalue weighted by atomic mass is 16.2. The van der Waals surface area contributed by atoms with E-state index in [0.717, 1.165) is 55.1 Å². The summed E-state index contributed by atoms with van der Waals surface area (Å²) in [4.78, 5) is 41.9. The van der Waals surface area contributed by atoms with Gasteiger partial charge in [-0.25, -0.2) is 9.97 Å². The Bertz CT molecular complexity index is 1050. The summed E-state index contributed by atoms with van der Waals surface area (Å²) in [5.74, 6) is 1.68. The van der Waals surface area contributed by atoms with Crippen LogP contribution in [0.3, 0.4) is 0 Å². The largest absolute Gasteiger partial charge is 0.331 e. The summed E-state index contributed by atoms with van der Waals surface area (Å²) < 4.78 is 0. The molecule has 2 saturated heterocycles. The van der Waals surface area contributed by atoms with Crippen LogP contribution in [0.15, 0.2) is 24.3 Å². The molecule has 0 unspecified atom stereocenters. The maximum Gasteiger partial charge on any atom is 0.237 e. The van der Waals surface area contributed by atoms with Crippen molar-refractivity contribution in [2.45, 2.75) is 65.0 Å². The van der Waals surface area contributed by atoms with Crippen molar-refractivity contribution in [2.24, 2.45) is 0 Å². The Kier molecular flexibility index (Phi) is 6.15. The maximum absolute atomic E-state index is 13.1. The summed E-state index contributed by atoms with van der Waals surface area (Å²) in [7, 11) is 0. The minimum absolute atomic E-state index is 0.0977. The molecule has 2 aromatic rings. The number of benzene rings is 1. The zero-order valence-corrected chi connectivity index (χ0v) is 19.7. The minimum atomic E-state index is -0.109. The van der Waals surface area contributed by atoms with Crippen molar-refractivity contribution in [3.63, 3.8) is 0 Å². The van der Waals surface area contributed by atoms with Crippen LogP contribution in [-0.2, 0) is 22.6 Å². The first-order valence-electron chi connectivity index (χ1n) is 12.2. The second-order valence-electron chi connectivity index (χ2n) is 9.66. The molecule has 0 radical (unpaired) electrons. The van der Waals surface area contributed by atoms with Gasteiger partial charge in [0.15, 0.2) is 5.82 Å². The van der Waals surface area contributed by atoms with Gasteiger partial charge in [0, 0.05) is 24.2 Å². The minimum Gasteiger partial charge on any atom is -0.331 e. The number of likely N-dealkylation sites (tertiary alicyclic amines) is 2. The first-order valence-corrected chi connectivity index (χ1v) is 12.2. The van der Waals surface area contributed by atoms with E-state index in [2.05, 4.69) is 36.1 Å². The molecule has 0 spiro atoms. The number of carbonyl (C=O) groups excluding carboxylic acids is 2. The van der Waals surface area contributed by atoms with Crippen LogP contribution >= 0.6 is 0 Å². The molecule has 7 nitrogen and oxygen atoms in total. The molecular weight excluding hydrogens is 414 g/mol. The number of hydrogen-bond acceptors (Lipinski definition) is 5. The molecule has 0 N–H and O–H groups in total. The summed E-state index contributed by atoms with van der Waals surface area (Å²) in [6, 6.07) is 8.18. The van der Waals surface area contributed by atoms with Crippen LogP contribution in [0, 0.1) is 13.8 Å². The van der Waals surface area contributed by atoms with Crippen molar-refractivity contribution < 1.29 is 9.59 Å². The average molecular weight is 448 g/mol. The second kappa shape index (κ2) is 9.21. The lowest BCUT2D eigenvalue weighted by molar-refractivity contribution is -0.133. The van der Waals surface area contributed by atoms with E-state index in [0.29, 0.717) is 31.8 Å². The van der Waals surface area contributed by atoms with Crippen molar-refractivity contribution in [1.29, 1.82) is 0 Å². The molecule has 0 bridgehead atoms. The molecule has 1 atom stereocenters. The number of amides is 2. The van der Waals surface area contributed by atoms with E-state index < -0.39 is 0 Å². The van der Waals surface area contributed by atoms with Gasteiger partial charge in [0.05, 0.1) is 19.1 Å². The standard InChI is InChI=1S/C26H33N5O2/c1-18-7-9-20(10-8-18)16-31-23(32)12-11-21-19(2)27-25(28-26(21)31)22-6-5-15-30(22)24(33)17-29-13-3-4-14-29/h7-10,22H,3-6,11-17H2,1-2H3/t22-/m0/s1. The highest BCUT2D eigenvalue weighted by Gasteiger charge is 2.35. The number of anilines is 1. The van der Waals surface area contributed by atoms with Crippen molar-refractivity contribution >= 4 is 17.6 Å². The molecule has 7 heteroatoms. The highest BCUT2D eigenvalue weighted by Crippen LogP contribution is 2.35. The van der Waals surface area contributed by atoms with Gasteiger partial charge in [-0.2, -0.15) is 0 Å². The molecule has 2 fully saturated rings. The fourth-order valence-electron chi connectivity index (χ4n) is 5.35. The van der Waals surface area contributed by atoms with Crippen LogP contribution in [-0.4, -0.2) is 57.8 Å². The highest BCUT2D eigenvalue weighted by molar-refractivity contribution is 5.95. The number of carbonyl (C=O) groups is 2. The summed E-state index contributed by atoms with van der Waals surface area (Å²) >= 11 is 0. The van der Waals surface area contributed by atoms with E-state index in [1.807, 2.05) is 16.7 Å². The molecular formula is C26H33N5O2. The Hall–Kier alpha value is -2.80. The summed E-state index contributed by atoms with van der Waals surface area (Å²) in [6.07, 6.45) is 5.33. The Labute approximate surface area is 195 Å². The number of rotatable bonds is 5. The smallest absolute Gasteiger partial charge is 0.237 e. The van der Waals surface area contributed by atoms with Crippen molar-refractivity contribution in [1.82, 2.24) is 19.8 Å².